The van der Waals surface area contributed by atoms with Crippen LogP contribution in [0.3, 0.4) is 0 Å². The van der Waals surface area contributed by atoms with Gasteiger partial charge >= 0.3 is 0 Å². The first-order valence-corrected chi connectivity index (χ1v) is 3.98. The van der Waals surface area contributed by atoms with Crippen molar-refractivity contribution in [1.29, 1.82) is 0 Å². The molecule has 0 unspecified atom stereocenters. The Hall–Kier alpha value is -1.32. The van der Waals surface area contributed by atoms with E-state index in [9.17, 15) is 4.79 Å². The summed E-state index contributed by atoms with van der Waals surface area (Å²) in [7, 11) is 0. The first-order chi connectivity index (χ1) is 5.68. The molecule has 64 valence electrons. The van der Waals surface area contributed by atoms with Crippen molar-refractivity contribution in [2.24, 2.45) is 0 Å². The molecule has 1 amide bonds. The standard InChI is InChI=1S/C8H11N3O/c1-5-6(2)11-4-8(12)9-3-7(11)10-5/h3-4H2,1-2H3,(H,9,12). The zero-order chi connectivity index (χ0) is 8.72. The highest BCUT2D eigenvalue weighted by Gasteiger charge is 2.18. The molecule has 0 saturated carbocycles. The summed E-state index contributed by atoms with van der Waals surface area (Å²) in [5, 5.41) is 2.76. The van der Waals surface area contributed by atoms with Gasteiger partial charge in [-0.05, 0) is 13.8 Å². The molecular weight excluding hydrogens is 154 g/mol. The fourth-order valence-electron chi connectivity index (χ4n) is 1.45. The summed E-state index contributed by atoms with van der Waals surface area (Å²) in [6.07, 6.45) is 0. The van der Waals surface area contributed by atoms with Gasteiger partial charge in [0, 0.05) is 5.69 Å². The molecule has 2 rings (SSSR count). The predicted molar refractivity (Wildman–Crippen MR) is 43.5 cm³/mol. The number of imidazole rings is 1. The maximum atomic E-state index is 11.0. The molecule has 1 aromatic rings. The SMILES string of the molecule is Cc1nc2n(c1C)CC(=O)NC2. The van der Waals surface area contributed by atoms with Crippen LogP contribution in [0.2, 0.25) is 0 Å². The van der Waals surface area contributed by atoms with Crippen LogP contribution < -0.4 is 5.32 Å². The van der Waals surface area contributed by atoms with E-state index in [0.717, 1.165) is 17.2 Å². The minimum atomic E-state index is 0.0722. The molecule has 1 aromatic heterocycles. The summed E-state index contributed by atoms with van der Waals surface area (Å²) in [5.74, 6) is 1.03. The lowest BCUT2D eigenvalue weighted by Gasteiger charge is -2.15. The number of nitrogens with zero attached hydrogens (tertiary/aromatic N) is 2. The third-order valence-corrected chi connectivity index (χ3v) is 2.28. The van der Waals surface area contributed by atoms with Crippen molar-refractivity contribution < 1.29 is 4.79 Å². The molecular formula is C8H11N3O. The normalized spacial score (nSPS) is 15.7. The van der Waals surface area contributed by atoms with E-state index >= 15 is 0 Å². The minimum Gasteiger partial charge on any atom is -0.347 e. The summed E-state index contributed by atoms with van der Waals surface area (Å²) >= 11 is 0. The van der Waals surface area contributed by atoms with Crippen LogP contribution in [0.25, 0.3) is 0 Å². The second-order valence-corrected chi connectivity index (χ2v) is 3.06. The Morgan fingerprint density at radius 1 is 1.50 bits per heavy atom. The largest absolute Gasteiger partial charge is 0.347 e. The quantitative estimate of drug-likeness (QED) is 0.594. The number of carbonyl (C=O) groups is 1. The van der Waals surface area contributed by atoms with Crippen LogP contribution in [0.1, 0.15) is 17.2 Å². The Morgan fingerprint density at radius 2 is 2.25 bits per heavy atom. The van der Waals surface area contributed by atoms with Crippen molar-refractivity contribution in [3.63, 3.8) is 0 Å². The summed E-state index contributed by atoms with van der Waals surface area (Å²) in [6, 6.07) is 0. The van der Waals surface area contributed by atoms with Crippen LogP contribution >= 0.6 is 0 Å². The lowest BCUT2D eigenvalue weighted by molar-refractivity contribution is -0.122. The van der Waals surface area contributed by atoms with E-state index in [1.54, 1.807) is 0 Å². The van der Waals surface area contributed by atoms with Gasteiger partial charge in [0.15, 0.2) is 0 Å². The molecule has 0 aromatic carbocycles. The van der Waals surface area contributed by atoms with Crippen LogP contribution in [0.4, 0.5) is 0 Å². The highest BCUT2D eigenvalue weighted by Crippen LogP contribution is 2.12. The molecule has 0 aliphatic carbocycles. The lowest BCUT2D eigenvalue weighted by atomic mass is 10.3. The van der Waals surface area contributed by atoms with Crippen molar-refractivity contribution in [3.8, 4) is 0 Å². The second-order valence-electron chi connectivity index (χ2n) is 3.06. The zero-order valence-electron chi connectivity index (χ0n) is 7.22. The van der Waals surface area contributed by atoms with E-state index in [-0.39, 0.29) is 5.91 Å². The number of aryl methyl sites for hydroxylation is 1. The Balaban J connectivity index is 2.50. The Kier molecular flexibility index (Phi) is 1.43. The van der Waals surface area contributed by atoms with Gasteiger partial charge in [-0.2, -0.15) is 0 Å². The summed E-state index contributed by atoms with van der Waals surface area (Å²) in [5.41, 5.74) is 2.11. The molecule has 1 aliphatic heterocycles. The first kappa shape index (κ1) is 7.34. The van der Waals surface area contributed by atoms with Gasteiger partial charge in [-0.3, -0.25) is 4.79 Å². The molecule has 4 heteroatoms. The average Bonchev–Trinajstić information content (AvgIpc) is 2.31. The highest BCUT2D eigenvalue weighted by atomic mass is 16.2. The number of hydrogen-bond acceptors (Lipinski definition) is 2. The van der Waals surface area contributed by atoms with E-state index in [1.165, 1.54) is 0 Å². The molecule has 0 spiro atoms. The molecule has 0 bridgehead atoms. The van der Waals surface area contributed by atoms with Crippen LogP contribution in [0.15, 0.2) is 0 Å². The van der Waals surface area contributed by atoms with Crippen LogP contribution in [-0.2, 0) is 17.9 Å². The summed E-state index contributed by atoms with van der Waals surface area (Å²) in [6.45, 7) is 4.94. The molecule has 0 saturated heterocycles. The zero-order valence-corrected chi connectivity index (χ0v) is 7.22. The number of nitrogens with one attached hydrogen (secondary N) is 1. The van der Waals surface area contributed by atoms with Gasteiger partial charge in [-0.25, -0.2) is 4.98 Å². The molecule has 4 nitrogen and oxygen atoms in total. The first-order valence-electron chi connectivity index (χ1n) is 3.98. The Morgan fingerprint density at radius 3 is 3.00 bits per heavy atom. The Bertz CT molecular complexity index is 340. The van der Waals surface area contributed by atoms with Gasteiger partial charge in [0.05, 0.1) is 12.2 Å². The molecule has 0 atom stereocenters. The monoisotopic (exact) mass is 165 g/mol. The summed E-state index contributed by atoms with van der Waals surface area (Å²) < 4.78 is 1.97. The van der Waals surface area contributed by atoms with Gasteiger partial charge in [0.25, 0.3) is 0 Å². The third kappa shape index (κ3) is 0.913. The number of fused-ring (bicyclic) bond motifs is 1. The highest BCUT2D eigenvalue weighted by molar-refractivity contribution is 5.76. The van der Waals surface area contributed by atoms with Crippen molar-refractivity contribution in [2.45, 2.75) is 26.9 Å². The van der Waals surface area contributed by atoms with Gasteiger partial charge in [0.2, 0.25) is 5.91 Å². The molecule has 0 radical (unpaired) electrons. The number of rotatable bonds is 0. The van der Waals surface area contributed by atoms with Crippen molar-refractivity contribution in [3.05, 3.63) is 17.2 Å². The number of hydrogen-bond donors (Lipinski definition) is 1. The Labute approximate surface area is 70.6 Å². The van der Waals surface area contributed by atoms with Crippen molar-refractivity contribution in [1.82, 2.24) is 14.9 Å². The smallest absolute Gasteiger partial charge is 0.240 e. The van der Waals surface area contributed by atoms with E-state index in [4.69, 9.17) is 0 Å². The van der Waals surface area contributed by atoms with Gasteiger partial charge < -0.3 is 9.88 Å². The van der Waals surface area contributed by atoms with Crippen molar-refractivity contribution >= 4 is 5.91 Å². The lowest BCUT2D eigenvalue weighted by Crippen LogP contribution is -2.34. The average molecular weight is 165 g/mol. The number of aromatic nitrogens is 2. The van der Waals surface area contributed by atoms with E-state index < -0.39 is 0 Å². The van der Waals surface area contributed by atoms with E-state index in [0.29, 0.717) is 13.1 Å². The van der Waals surface area contributed by atoms with Crippen LogP contribution in [0, 0.1) is 13.8 Å². The second kappa shape index (κ2) is 2.33. The van der Waals surface area contributed by atoms with Gasteiger partial charge in [-0.15, -0.1) is 0 Å². The fraction of sp³-hybridized carbons (Fsp3) is 0.500. The molecule has 1 aliphatic rings. The predicted octanol–water partition coefficient (Wildman–Crippen LogP) is 0.130. The fourth-order valence-corrected chi connectivity index (χ4v) is 1.45. The molecule has 12 heavy (non-hydrogen) atoms. The minimum absolute atomic E-state index is 0.0722. The van der Waals surface area contributed by atoms with Crippen LogP contribution in [-0.4, -0.2) is 15.5 Å². The topological polar surface area (TPSA) is 46.9 Å². The maximum absolute atomic E-state index is 11.0. The van der Waals surface area contributed by atoms with Crippen molar-refractivity contribution in [2.75, 3.05) is 0 Å². The molecule has 0 fully saturated rings. The van der Waals surface area contributed by atoms with Gasteiger partial charge in [0.1, 0.15) is 12.4 Å². The third-order valence-electron chi connectivity index (χ3n) is 2.28. The molecule has 2 heterocycles. The van der Waals surface area contributed by atoms with Gasteiger partial charge in [-0.1, -0.05) is 0 Å². The van der Waals surface area contributed by atoms with Crippen LogP contribution in [0.5, 0.6) is 0 Å². The molecule has 1 N–H and O–H groups in total. The maximum Gasteiger partial charge on any atom is 0.240 e. The van der Waals surface area contributed by atoms with E-state index in [2.05, 4.69) is 10.3 Å². The number of amides is 1. The number of carbonyl (C=O) groups excluding carboxylic acids is 1. The van der Waals surface area contributed by atoms with E-state index in [1.807, 2.05) is 18.4 Å². The summed E-state index contributed by atoms with van der Waals surface area (Å²) in [4.78, 5) is 15.4.